The third kappa shape index (κ3) is 17.1. The molecule has 4 fully saturated rings. The number of carbonyl (C=O) groups excluding carboxylic acids is 5. The first-order valence-corrected chi connectivity index (χ1v) is 23.3. The molecule has 0 radical (unpaired) electrons. The van der Waals surface area contributed by atoms with Crippen molar-refractivity contribution in [3.8, 4) is 0 Å². The number of aliphatic hydroxyl groups excluding tert-OH is 10. The Kier molecular flexibility index (Phi) is 24.5. The fourth-order valence-electron chi connectivity index (χ4n) is 7.83. The summed E-state index contributed by atoms with van der Waals surface area (Å²) in [6.45, 7) is 3.94. The number of allylic oxidation sites excluding steroid dienone is 4. The molecule has 20 atom stereocenters. The van der Waals surface area contributed by atoms with Gasteiger partial charge in [-0.2, -0.15) is 0 Å². The molecule has 0 aliphatic carbocycles. The zero-order chi connectivity index (χ0) is 52.5. The molecule has 0 aromatic heterocycles. The van der Waals surface area contributed by atoms with Gasteiger partial charge >= 0.3 is 0 Å². The average molecular weight is 1030 g/mol. The number of nitrogens with one attached hydrogen (secondary N) is 5. The maximum atomic E-state index is 12.7. The Balaban J connectivity index is 1.32. The number of aliphatic hydroxyl groups is 10. The number of carbonyl (C=O) groups is 5. The molecule has 4 rings (SSSR count). The maximum absolute atomic E-state index is 12.7. The van der Waals surface area contributed by atoms with Crippen LogP contribution in [-0.4, -0.2) is 223 Å². The number of unbranched alkanes of at least 4 members (excludes halogenated alkanes) is 2. The molecule has 0 aromatic carbocycles. The molecule has 4 aliphatic heterocycles. The molecule has 0 bridgehead atoms. The molecule has 0 aromatic rings. The van der Waals surface area contributed by atoms with Crippen molar-refractivity contribution in [2.75, 3.05) is 19.8 Å². The molecule has 5 amide bonds. The van der Waals surface area contributed by atoms with Gasteiger partial charge in [0, 0.05) is 26.4 Å². The van der Waals surface area contributed by atoms with Crippen LogP contribution in [0.1, 0.15) is 72.6 Å². The predicted octanol–water partition coefficient (Wildman–Crippen LogP) is -6.37. The third-order valence-electron chi connectivity index (χ3n) is 11.8. The third-order valence-corrected chi connectivity index (χ3v) is 11.8. The van der Waals surface area contributed by atoms with Crippen LogP contribution in [-0.2, 0) is 61.9 Å². The van der Waals surface area contributed by atoms with Crippen molar-refractivity contribution in [1.29, 1.82) is 0 Å². The molecule has 8 unspecified atom stereocenters. The monoisotopic (exact) mass is 1030 g/mol. The van der Waals surface area contributed by atoms with E-state index in [0.29, 0.717) is 25.7 Å². The lowest BCUT2D eigenvalue weighted by molar-refractivity contribution is -0.386. The van der Waals surface area contributed by atoms with Crippen molar-refractivity contribution < 1.29 is 113 Å². The Bertz CT molecular complexity index is 1770. The van der Waals surface area contributed by atoms with Crippen molar-refractivity contribution in [2.45, 2.75) is 195 Å². The minimum absolute atomic E-state index is 0.0291. The lowest BCUT2D eigenvalue weighted by Gasteiger charge is -2.50. The van der Waals surface area contributed by atoms with E-state index in [-0.39, 0.29) is 19.4 Å². The van der Waals surface area contributed by atoms with Crippen LogP contribution >= 0.6 is 0 Å². The minimum atomic E-state index is -1.97. The van der Waals surface area contributed by atoms with Crippen LogP contribution < -0.4 is 27.0 Å². The van der Waals surface area contributed by atoms with Crippen LogP contribution in [0.5, 0.6) is 0 Å². The first-order chi connectivity index (χ1) is 33.7. The van der Waals surface area contributed by atoms with E-state index in [0.717, 1.165) is 6.92 Å². The fourth-order valence-corrected chi connectivity index (χ4v) is 7.83. The second-order valence-corrected chi connectivity index (χ2v) is 17.4. The predicted molar refractivity (Wildman–Crippen MR) is 235 cm³/mol. The van der Waals surface area contributed by atoms with Crippen molar-refractivity contribution in [2.24, 2.45) is 0 Å². The summed E-state index contributed by atoms with van der Waals surface area (Å²) < 4.78 is 46.5. The molecule has 406 valence electrons. The zero-order valence-electron chi connectivity index (χ0n) is 39.7. The van der Waals surface area contributed by atoms with Gasteiger partial charge < -0.3 is 94.3 Å². The van der Waals surface area contributed by atoms with E-state index in [1.165, 1.54) is 13.8 Å². The summed E-state index contributed by atoms with van der Waals surface area (Å²) >= 11 is 0. The topological polar surface area (TPSA) is 422 Å². The highest BCUT2D eigenvalue weighted by Crippen LogP contribution is 2.35. The van der Waals surface area contributed by atoms with Crippen LogP contribution in [0.15, 0.2) is 24.3 Å². The van der Waals surface area contributed by atoms with Gasteiger partial charge in [0.2, 0.25) is 29.5 Å². The Morgan fingerprint density at radius 2 is 1.10 bits per heavy atom. The van der Waals surface area contributed by atoms with Crippen LogP contribution in [0.3, 0.4) is 0 Å². The quantitative estimate of drug-likeness (QED) is 0.0208. The highest BCUT2D eigenvalue weighted by molar-refractivity contribution is 5.98. The number of ether oxygens (including phenoxy) is 8. The summed E-state index contributed by atoms with van der Waals surface area (Å²) in [6.07, 6.45) is -23.4. The molecular weight excluding hydrogens is 954 g/mol. The van der Waals surface area contributed by atoms with Crippen molar-refractivity contribution in [3.63, 3.8) is 0 Å². The minimum Gasteiger partial charge on any atom is -0.394 e. The normalized spacial score (nSPS) is 37.6. The van der Waals surface area contributed by atoms with E-state index >= 15 is 0 Å². The van der Waals surface area contributed by atoms with Crippen LogP contribution in [0.4, 0.5) is 0 Å². The van der Waals surface area contributed by atoms with Gasteiger partial charge in [0.05, 0.1) is 25.4 Å². The van der Waals surface area contributed by atoms with E-state index in [4.69, 9.17) is 37.9 Å². The number of hydrogen-bond acceptors (Lipinski definition) is 23. The summed E-state index contributed by atoms with van der Waals surface area (Å²) in [7, 11) is 0. The molecule has 4 heterocycles. The smallest absolute Gasteiger partial charge is 0.247 e. The Hall–Kier alpha value is -3.89. The van der Waals surface area contributed by atoms with Crippen molar-refractivity contribution in [1.82, 2.24) is 27.0 Å². The lowest BCUT2D eigenvalue weighted by Crippen LogP contribution is -2.70. The molecule has 0 spiro atoms. The number of hydrazine groups is 2. The summed E-state index contributed by atoms with van der Waals surface area (Å²) in [5.41, 5.74) is 8.61. The van der Waals surface area contributed by atoms with E-state index in [9.17, 15) is 75.0 Å². The van der Waals surface area contributed by atoms with Crippen molar-refractivity contribution in [3.05, 3.63) is 24.3 Å². The zero-order valence-corrected chi connectivity index (χ0v) is 39.7. The van der Waals surface area contributed by atoms with Gasteiger partial charge in [-0.05, 0) is 40.0 Å². The first kappa shape index (κ1) is 59.7. The van der Waals surface area contributed by atoms with Gasteiger partial charge in [-0.1, -0.05) is 30.7 Å². The van der Waals surface area contributed by atoms with Crippen molar-refractivity contribution >= 4 is 29.5 Å². The largest absolute Gasteiger partial charge is 0.394 e. The van der Waals surface area contributed by atoms with Crippen LogP contribution in [0.25, 0.3) is 0 Å². The van der Waals surface area contributed by atoms with E-state index in [2.05, 4.69) is 27.0 Å². The fraction of sp³-hybridized carbons (Fsp3) is 0.791. The molecule has 0 saturated carbocycles. The molecule has 4 saturated heterocycles. The highest BCUT2D eigenvalue weighted by atomic mass is 16.8. The molecular formula is C43H71N5O23. The molecule has 15 N–H and O–H groups in total. The molecule has 28 heteroatoms. The maximum Gasteiger partial charge on any atom is 0.247 e. The summed E-state index contributed by atoms with van der Waals surface area (Å²) in [6, 6.07) is -1.59. The van der Waals surface area contributed by atoms with Gasteiger partial charge in [0.1, 0.15) is 91.8 Å². The standard InChI is InChI=1S/C43H71N5O23/c1-5-6-7-8-10-13-24(52)45-47-26(54)16-27(55)48-46-25(53)14-11-9-12-15-64-41-36(63)38(30(57)20(3)65-41)70-40-28(44-21(4)51)37(32(59)23(18-50)67-40)69-43-39(34(61)31(58)22(17-49)68-43)71-42-35(62)33(60)29(56)19(2)66-42/h5-8,19-20,22-23,28-43,49-50,56-63H,9-18H2,1-4H3,(H,44,51)(H,45,52)(H,46,53)(H,47,54)(H,48,55)/b6-5+,8-7+/t19?,20?,22?,23-,28?,29-,30-,31-,32+,33-,34-,35?,36?,37?,38-,39?,40+,41+,42-,43+/m0/s1. The van der Waals surface area contributed by atoms with Gasteiger partial charge in [-0.3, -0.25) is 45.7 Å². The van der Waals surface area contributed by atoms with E-state index in [1.54, 1.807) is 18.2 Å². The summed E-state index contributed by atoms with van der Waals surface area (Å²) in [5, 5.41) is 110. The average Bonchev–Trinajstić information content (AvgIpc) is 3.33. The SMILES string of the molecule is C/C=C/C=C/CCC(=O)NNC(=O)CC(=O)NNC(=O)CCCCCO[C@@H]1OC(C)[C@H](O)[C@H](O[C@H]2O[C@@H](CO)[C@@H](O)C(O[C@H]3OC(CO)[C@H](O)[C@H](O)C3O[C@@H]3OC(C)[C@H](O)[C@H](O)C3O)C2NC(C)=O)C1O. The lowest BCUT2D eigenvalue weighted by atomic mass is 9.94. The molecule has 71 heavy (non-hydrogen) atoms. The van der Waals surface area contributed by atoms with E-state index < -0.39 is 172 Å². The molecule has 4 aliphatic rings. The second kappa shape index (κ2) is 29.1. The van der Waals surface area contributed by atoms with E-state index in [1.807, 2.05) is 13.0 Å². The number of amides is 5. The number of rotatable bonds is 22. The first-order valence-electron chi connectivity index (χ1n) is 23.3. The van der Waals surface area contributed by atoms with Gasteiger partial charge in [0.25, 0.3) is 0 Å². The highest BCUT2D eigenvalue weighted by Gasteiger charge is 2.56. The Labute approximate surface area is 408 Å². The Morgan fingerprint density at radius 3 is 1.73 bits per heavy atom. The second-order valence-electron chi connectivity index (χ2n) is 17.4. The van der Waals surface area contributed by atoms with Crippen LogP contribution in [0, 0.1) is 0 Å². The number of hydrogen-bond donors (Lipinski definition) is 15. The van der Waals surface area contributed by atoms with Crippen LogP contribution in [0.2, 0.25) is 0 Å². The van der Waals surface area contributed by atoms with Gasteiger partial charge in [-0.15, -0.1) is 0 Å². The Morgan fingerprint density at radius 1 is 0.535 bits per heavy atom. The van der Waals surface area contributed by atoms with Gasteiger partial charge in [-0.25, -0.2) is 0 Å². The summed E-state index contributed by atoms with van der Waals surface area (Å²) in [5.74, 6) is -3.41. The van der Waals surface area contributed by atoms with Gasteiger partial charge in [0.15, 0.2) is 25.2 Å². The molecule has 28 nitrogen and oxygen atoms in total. The summed E-state index contributed by atoms with van der Waals surface area (Å²) in [4.78, 5) is 60.8.